The van der Waals surface area contributed by atoms with Gasteiger partial charge in [-0.3, -0.25) is 0 Å². The molecule has 1 aromatic carbocycles. The van der Waals surface area contributed by atoms with Crippen molar-refractivity contribution in [3.05, 3.63) is 47.1 Å². The summed E-state index contributed by atoms with van der Waals surface area (Å²) in [7, 11) is 0. The van der Waals surface area contributed by atoms with Gasteiger partial charge in [0.25, 0.3) is 0 Å². The van der Waals surface area contributed by atoms with Crippen LogP contribution in [0.5, 0.6) is 0 Å². The molecule has 0 bridgehead atoms. The fourth-order valence-electron chi connectivity index (χ4n) is 2.01. The van der Waals surface area contributed by atoms with E-state index in [2.05, 4.69) is 11.2 Å². The van der Waals surface area contributed by atoms with E-state index in [1.807, 2.05) is 29.6 Å². The third-order valence-electron chi connectivity index (χ3n) is 3.07. The molecule has 3 heteroatoms. The predicted molar refractivity (Wildman–Crippen MR) is 84.1 cm³/mol. The summed E-state index contributed by atoms with van der Waals surface area (Å²) in [4.78, 5) is 0.971. The van der Waals surface area contributed by atoms with E-state index in [0.29, 0.717) is 5.56 Å². The first-order valence-electron chi connectivity index (χ1n) is 6.78. The van der Waals surface area contributed by atoms with Crippen LogP contribution in [0.15, 0.2) is 35.7 Å². The average Bonchev–Trinajstić information content (AvgIpc) is 2.98. The summed E-state index contributed by atoms with van der Waals surface area (Å²) < 4.78 is 13.8. The number of unbranched alkanes of at least 4 members (excludes halogenated alkanes) is 2. The maximum atomic E-state index is 13.8. The lowest BCUT2D eigenvalue weighted by Gasteiger charge is -2.07. The van der Waals surface area contributed by atoms with Gasteiger partial charge in [-0.1, -0.05) is 12.1 Å². The first-order valence-corrected chi connectivity index (χ1v) is 7.65. The standard InChI is InChI=1S/C17H18FNS/c1-2-3-4-5-10-19-13-14-8-9-16(18)15(12-14)17-7-6-11-20-17/h1,6-9,11-12,19H,3-5,10,13H2. The van der Waals surface area contributed by atoms with Gasteiger partial charge in [-0.25, -0.2) is 4.39 Å². The Morgan fingerprint density at radius 2 is 2.15 bits per heavy atom. The van der Waals surface area contributed by atoms with Crippen LogP contribution in [0.25, 0.3) is 10.4 Å². The Kier molecular flexibility index (Phi) is 5.79. The normalized spacial score (nSPS) is 10.4. The molecule has 0 aliphatic carbocycles. The Hall–Kier alpha value is -1.63. The molecule has 0 amide bonds. The number of benzene rings is 1. The first-order chi connectivity index (χ1) is 9.81. The van der Waals surface area contributed by atoms with Gasteiger partial charge >= 0.3 is 0 Å². The molecule has 0 radical (unpaired) electrons. The Balaban J connectivity index is 1.90. The van der Waals surface area contributed by atoms with Crippen molar-refractivity contribution in [2.24, 2.45) is 0 Å². The lowest BCUT2D eigenvalue weighted by molar-refractivity contribution is 0.620. The summed E-state index contributed by atoms with van der Waals surface area (Å²) in [5, 5.41) is 5.33. The SMILES string of the molecule is C#CCCCCNCc1ccc(F)c(-c2cccs2)c1. The Morgan fingerprint density at radius 1 is 1.25 bits per heavy atom. The van der Waals surface area contributed by atoms with Crippen LogP contribution < -0.4 is 5.32 Å². The molecule has 104 valence electrons. The van der Waals surface area contributed by atoms with Crippen LogP contribution in [0, 0.1) is 18.2 Å². The third-order valence-corrected chi connectivity index (χ3v) is 3.97. The number of nitrogens with one attached hydrogen (secondary N) is 1. The topological polar surface area (TPSA) is 12.0 Å². The molecular formula is C17H18FNS. The molecule has 1 aromatic heterocycles. The van der Waals surface area contributed by atoms with Gasteiger partial charge in [0.05, 0.1) is 0 Å². The highest BCUT2D eigenvalue weighted by molar-refractivity contribution is 7.13. The quantitative estimate of drug-likeness (QED) is 0.586. The second kappa shape index (κ2) is 7.84. The van der Waals surface area contributed by atoms with E-state index >= 15 is 0 Å². The van der Waals surface area contributed by atoms with Crippen molar-refractivity contribution in [2.45, 2.75) is 25.8 Å². The van der Waals surface area contributed by atoms with E-state index in [1.54, 1.807) is 17.4 Å². The van der Waals surface area contributed by atoms with Crippen molar-refractivity contribution < 1.29 is 4.39 Å². The molecule has 0 aliphatic heterocycles. The fraction of sp³-hybridized carbons (Fsp3) is 0.294. The summed E-state index contributed by atoms with van der Waals surface area (Å²) in [6, 6.07) is 9.19. The molecule has 1 N–H and O–H groups in total. The van der Waals surface area contributed by atoms with Crippen molar-refractivity contribution in [3.63, 3.8) is 0 Å². The van der Waals surface area contributed by atoms with Crippen LogP contribution >= 0.6 is 11.3 Å². The molecule has 0 atom stereocenters. The Morgan fingerprint density at radius 3 is 2.90 bits per heavy atom. The van der Waals surface area contributed by atoms with Gasteiger partial charge in [0, 0.05) is 23.4 Å². The van der Waals surface area contributed by atoms with E-state index in [1.165, 1.54) is 0 Å². The second-order valence-electron chi connectivity index (χ2n) is 4.63. The van der Waals surface area contributed by atoms with E-state index in [4.69, 9.17) is 6.42 Å². The van der Waals surface area contributed by atoms with Crippen LogP contribution in [0.3, 0.4) is 0 Å². The van der Waals surface area contributed by atoms with E-state index in [-0.39, 0.29) is 5.82 Å². The van der Waals surface area contributed by atoms with Crippen LogP contribution in [-0.2, 0) is 6.54 Å². The number of thiophene rings is 1. The predicted octanol–water partition coefficient (Wildman–Crippen LogP) is 4.45. The molecular weight excluding hydrogens is 269 g/mol. The highest BCUT2D eigenvalue weighted by atomic mass is 32.1. The van der Waals surface area contributed by atoms with Gasteiger partial charge in [0.15, 0.2) is 0 Å². The molecule has 0 fully saturated rings. The van der Waals surface area contributed by atoms with Gasteiger partial charge in [-0.15, -0.1) is 23.7 Å². The molecule has 0 spiro atoms. The summed E-state index contributed by atoms with van der Waals surface area (Å²) in [6.45, 7) is 1.70. The molecule has 1 heterocycles. The molecule has 20 heavy (non-hydrogen) atoms. The van der Waals surface area contributed by atoms with E-state index in [0.717, 1.165) is 42.8 Å². The third kappa shape index (κ3) is 4.19. The molecule has 2 rings (SSSR count). The number of hydrogen-bond donors (Lipinski definition) is 1. The lowest BCUT2D eigenvalue weighted by atomic mass is 10.1. The molecule has 0 unspecified atom stereocenters. The first kappa shape index (κ1) is 14.8. The van der Waals surface area contributed by atoms with Crippen LogP contribution in [0.2, 0.25) is 0 Å². The molecule has 0 aliphatic rings. The smallest absolute Gasteiger partial charge is 0.131 e. The Labute approximate surface area is 123 Å². The molecule has 0 saturated carbocycles. The minimum atomic E-state index is -0.162. The molecule has 0 saturated heterocycles. The number of halogens is 1. The van der Waals surface area contributed by atoms with Crippen molar-refractivity contribution in [1.29, 1.82) is 0 Å². The Bertz CT molecular complexity index is 569. The minimum absolute atomic E-state index is 0.162. The number of terminal acetylenes is 1. The van der Waals surface area contributed by atoms with Gasteiger partial charge in [0.1, 0.15) is 5.82 Å². The van der Waals surface area contributed by atoms with Gasteiger partial charge in [-0.2, -0.15) is 0 Å². The molecule has 2 aromatic rings. The number of rotatable bonds is 7. The van der Waals surface area contributed by atoms with E-state index < -0.39 is 0 Å². The monoisotopic (exact) mass is 287 g/mol. The minimum Gasteiger partial charge on any atom is -0.313 e. The van der Waals surface area contributed by atoms with Crippen molar-refractivity contribution in [1.82, 2.24) is 5.32 Å². The van der Waals surface area contributed by atoms with Gasteiger partial charge < -0.3 is 5.32 Å². The zero-order valence-electron chi connectivity index (χ0n) is 11.4. The largest absolute Gasteiger partial charge is 0.313 e. The van der Waals surface area contributed by atoms with Crippen molar-refractivity contribution >= 4 is 11.3 Å². The average molecular weight is 287 g/mol. The van der Waals surface area contributed by atoms with Crippen LogP contribution in [0.1, 0.15) is 24.8 Å². The van der Waals surface area contributed by atoms with Crippen LogP contribution in [0.4, 0.5) is 4.39 Å². The maximum absolute atomic E-state index is 13.8. The zero-order valence-corrected chi connectivity index (χ0v) is 12.2. The fourth-order valence-corrected chi connectivity index (χ4v) is 2.76. The number of hydrogen-bond acceptors (Lipinski definition) is 2. The van der Waals surface area contributed by atoms with Crippen molar-refractivity contribution in [3.8, 4) is 22.8 Å². The summed E-state index contributed by atoms with van der Waals surface area (Å²) in [6.07, 6.45) is 8.16. The maximum Gasteiger partial charge on any atom is 0.131 e. The lowest BCUT2D eigenvalue weighted by Crippen LogP contribution is -2.14. The summed E-state index contributed by atoms with van der Waals surface area (Å²) in [5.41, 5.74) is 1.79. The zero-order chi connectivity index (χ0) is 14.2. The highest BCUT2D eigenvalue weighted by Gasteiger charge is 2.07. The highest BCUT2D eigenvalue weighted by Crippen LogP contribution is 2.28. The molecule has 1 nitrogen and oxygen atoms in total. The van der Waals surface area contributed by atoms with Crippen LogP contribution in [-0.4, -0.2) is 6.54 Å². The van der Waals surface area contributed by atoms with Gasteiger partial charge in [-0.05, 0) is 48.5 Å². The summed E-state index contributed by atoms with van der Waals surface area (Å²) in [5.74, 6) is 2.48. The summed E-state index contributed by atoms with van der Waals surface area (Å²) >= 11 is 1.56. The van der Waals surface area contributed by atoms with Gasteiger partial charge in [0.2, 0.25) is 0 Å². The van der Waals surface area contributed by atoms with E-state index in [9.17, 15) is 4.39 Å². The van der Waals surface area contributed by atoms with Crippen molar-refractivity contribution in [2.75, 3.05) is 6.54 Å². The second-order valence-corrected chi connectivity index (χ2v) is 5.58.